The van der Waals surface area contributed by atoms with Gasteiger partial charge in [0.15, 0.2) is 16.6 Å². The minimum atomic E-state index is -3.93. The normalized spacial score (nSPS) is 19.6. The first-order chi connectivity index (χ1) is 21.3. The third-order valence-corrected chi connectivity index (χ3v) is 9.66. The Bertz CT molecular complexity index is 1980. The molecule has 0 radical (unpaired) electrons. The van der Waals surface area contributed by atoms with Gasteiger partial charge in [0.2, 0.25) is 0 Å². The first-order valence-corrected chi connectivity index (χ1v) is 15.2. The SMILES string of the molecule is COc1ccc2nc(N3C4COCC3C4)sc2c1C(=O)Nc1cc2c(cc1C(=O)Nc1ccc3scnc3c1)OC(F)(F)O2. The van der Waals surface area contributed by atoms with Crippen molar-refractivity contribution in [3.63, 3.8) is 0 Å². The fraction of sp³-hybridized carbons (Fsp3) is 0.241. The predicted molar refractivity (Wildman–Crippen MR) is 160 cm³/mol. The lowest BCUT2D eigenvalue weighted by Crippen LogP contribution is -2.64. The average Bonchev–Trinajstić information content (AvgIpc) is 3.71. The summed E-state index contributed by atoms with van der Waals surface area (Å²) >= 11 is 2.81. The number of ether oxygens (including phenoxy) is 4. The summed E-state index contributed by atoms with van der Waals surface area (Å²) < 4.78 is 49.8. The Morgan fingerprint density at radius 1 is 1.02 bits per heavy atom. The van der Waals surface area contributed by atoms with Crippen molar-refractivity contribution in [1.29, 1.82) is 0 Å². The molecular formula is C29H21F2N5O6S2. The van der Waals surface area contributed by atoms with Gasteiger partial charge in [-0.25, -0.2) is 9.97 Å². The fourth-order valence-corrected chi connectivity index (χ4v) is 7.62. The van der Waals surface area contributed by atoms with Crippen LogP contribution >= 0.6 is 22.7 Å². The molecule has 2 amide bonds. The number of nitrogens with zero attached hydrogens (tertiary/aromatic N) is 3. The van der Waals surface area contributed by atoms with Crippen LogP contribution in [0.25, 0.3) is 20.4 Å². The van der Waals surface area contributed by atoms with E-state index in [1.54, 1.807) is 29.8 Å². The van der Waals surface area contributed by atoms with E-state index in [4.69, 9.17) is 14.5 Å². The molecule has 0 aliphatic carbocycles. The summed E-state index contributed by atoms with van der Waals surface area (Å²) in [4.78, 5) is 38.7. The first-order valence-electron chi connectivity index (χ1n) is 13.5. The van der Waals surface area contributed by atoms with Crippen molar-refractivity contribution < 1.29 is 37.3 Å². The van der Waals surface area contributed by atoms with Crippen LogP contribution in [0.2, 0.25) is 0 Å². The molecule has 2 fully saturated rings. The molecule has 15 heteroatoms. The van der Waals surface area contributed by atoms with Crippen LogP contribution in [0, 0.1) is 0 Å². The van der Waals surface area contributed by atoms with Gasteiger partial charge in [0.25, 0.3) is 11.8 Å². The van der Waals surface area contributed by atoms with Crippen LogP contribution in [-0.2, 0) is 4.74 Å². The number of rotatable bonds is 6. The number of thiazole rings is 2. The summed E-state index contributed by atoms with van der Waals surface area (Å²) in [6.45, 7) is 1.24. The van der Waals surface area contributed by atoms with Crippen molar-refractivity contribution in [2.24, 2.45) is 0 Å². The molecule has 2 saturated heterocycles. The van der Waals surface area contributed by atoms with Gasteiger partial charge < -0.3 is 34.5 Å². The summed E-state index contributed by atoms with van der Waals surface area (Å²) in [5, 5.41) is 6.24. The van der Waals surface area contributed by atoms with Crippen LogP contribution in [0.15, 0.2) is 48.0 Å². The molecule has 2 N–H and O–H groups in total. The molecular weight excluding hydrogens is 616 g/mol. The van der Waals surface area contributed by atoms with Crippen molar-refractivity contribution in [3.05, 3.63) is 59.1 Å². The molecule has 44 heavy (non-hydrogen) atoms. The standard InChI is InChI=1S/C29H21F2N5O6S2/c1-39-20-4-3-17-25(44-28(35-17)36-14-7-15(36)11-40-10-14)24(20)27(38)34-18-9-22-21(41-29(30,31)42-22)8-16(18)26(37)33-13-2-5-23-19(6-13)32-12-43-23/h2-6,8-9,12,14-15H,7,10-11H2,1H3,(H,33,37)(H,34,38). The minimum absolute atomic E-state index is 0.0690. The number of anilines is 3. The third kappa shape index (κ3) is 4.46. The average molecular weight is 638 g/mol. The van der Waals surface area contributed by atoms with Gasteiger partial charge in [-0.15, -0.1) is 20.1 Å². The zero-order valence-corrected chi connectivity index (χ0v) is 24.4. The number of benzene rings is 3. The van der Waals surface area contributed by atoms with Gasteiger partial charge in [0.1, 0.15) is 11.3 Å². The lowest BCUT2D eigenvalue weighted by molar-refractivity contribution is -0.286. The van der Waals surface area contributed by atoms with Crippen molar-refractivity contribution in [3.8, 4) is 17.2 Å². The number of alkyl halides is 2. The van der Waals surface area contributed by atoms with Gasteiger partial charge in [-0.2, -0.15) is 0 Å². The molecule has 5 heterocycles. The second-order valence-electron chi connectivity index (χ2n) is 10.4. The van der Waals surface area contributed by atoms with Gasteiger partial charge in [0, 0.05) is 11.8 Å². The molecule has 5 aromatic rings. The maximum absolute atomic E-state index is 14.0. The van der Waals surface area contributed by atoms with Crippen LogP contribution in [-0.4, -0.2) is 60.5 Å². The highest BCUT2D eigenvalue weighted by molar-refractivity contribution is 7.22. The summed E-state index contributed by atoms with van der Waals surface area (Å²) in [6.07, 6.45) is -2.90. The van der Waals surface area contributed by atoms with E-state index in [0.29, 0.717) is 34.6 Å². The van der Waals surface area contributed by atoms with E-state index in [1.165, 1.54) is 29.8 Å². The lowest BCUT2D eigenvalue weighted by Gasteiger charge is -2.52. The van der Waals surface area contributed by atoms with Gasteiger partial charge in [-0.3, -0.25) is 9.59 Å². The second kappa shape index (κ2) is 9.97. The van der Waals surface area contributed by atoms with E-state index in [-0.39, 0.29) is 46.1 Å². The van der Waals surface area contributed by atoms with Crippen molar-refractivity contribution in [1.82, 2.24) is 9.97 Å². The van der Waals surface area contributed by atoms with E-state index in [2.05, 4.69) is 30.0 Å². The number of carbonyl (C=O) groups excluding carboxylic acids is 2. The zero-order valence-electron chi connectivity index (χ0n) is 22.8. The molecule has 0 saturated carbocycles. The van der Waals surface area contributed by atoms with E-state index < -0.39 is 18.1 Å². The first kappa shape index (κ1) is 27.0. The van der Waals surface area contributed by atoms with Crippen LogP contribution in [0.1, 0.15) is 27.1 Å². The third-order valence-electron chi connectivity index (χ3n) is 7.75. The number of amides is 2. The number of morpholine rings is 1. The molecule has 2 unspecified atom stereocenters. The molecule has 2 bridgehead atoms. The van der Waals surface area contributed by atoms with Gasteiger partial charge >= 0.3 is 6.29 Å². The lowest BCUT2D eigenvalue weighted by atomic mass is 9.92. The monoisotopic (exact) mass is 637 g/mol. The summed E-state index contributed by atoms with van der Waals surface area (Å²) in [7, 11) is 1.44. The van der Waals surface area contributed by atoms with Crippen molar-refractivity contribution >= 4 is 71.4 Å². The van der Waals surface area contributed by atoms with Crippen LogP contribution in [0.4, 0.5) is 25.3 Å². The molecule has 0 spiro atoms. The number of fused-ring (bicyclic) bond motifs is 5. The number of hydrogen-bond acceptors (Lipinski definition) is 11. The topological polar surface area (TPSA) is 124 Å². The molecule has 11 nitrogen and oxygen atoms in total. The largest absolute Gasteiger partial charge is 0.586 e. The van der Waals surface area contributed by atoms with E-state index >= 15 is 0 Å². The zero-order chi connectivity index (χ0) is 30.2. The van der Waals surface area contributed by atoms with Gasteiger partial charge in [0.05, 0.1) is 69.6 Å². The Labute approximate surface area is 255 Å². The Balaban J connectivity index is 1.16. The van der Waals surface area contributed by atoms with E-state index in [1.807, 2.05) is 6.07 Å². The van der Waals surface area contributed by atoms with Crippen LogP contribution in [0.3, 0.4) is 0 Å². The molecule has 2 atom stereocenters. The van der Waals surface area contributed by atoms with Crippen molar-refractivity contribution in [2.75, 3.05) is 35.9 Å². The van der Waals surface area contributed by atoms with Crippen molar-refractivity contribution in [2.45, 2.75) is 24.8 Å². The number of carbonyl (C=O) groups is 2. The molecule has 3 aromatic carbocycles. The number of methoxy groups -OCH3 is 1. The highest BCUT2D eigenvalue weighted by Gasteiger charge is 2.45. The maximum Gasteiger partial charge on any atom is 0.586 e. The highest BCUT2D eigenvalue weighted by atomic mass is 32.1. The summed E-state index contributed by atoms with van der Waals surface area (Å²) in [6, 6.07) is 11.3. The highest BCUT2D eigenvalue weighted by Crippen LogP contribution is 2.45. The molecule has 8 rings (SSSR count). The second-order valence-corrected chi connectivity index (χ2v) is 12.3. The number of hydrogen-bond donors (Lipinski definition) is 2. The molecule has 2 aromatic heterocycles. The molecule has 224 valence electrons. The van der Waals surface area contributed by atoms with Crippen LogP contribution < -0.4 is 29.7 Å². The summed E-state index contributed by atoms with van der Waals surface area (Å²) in [5.41, 5.74) is 3.40. The Morgan fingerprint density at radius 3 is 2.59 bits per heavy atom. The smallest absolute Gasteiger partial charge is 0.496 e. The van der Waals surface area contributed by atoms with E-state index in [0.717, 1.165) is 28.4 Å². The van der Waals surface area contributed by atoms with Crippen LogP contribution in [0.5, 0.6) is 17.2 Å². The quantitative estimate of drug-likeness (QED) is 0.241. The number of nitrogens with one attached hydrogen (secondary N) is 2. The number of halogens is 2. The Kier molecular flexibility index (Phi) is 6.11. The summed E-state index contributed by atoms with van der Waals surface area (Å²) in [5.74, 6) is -1.69. The molecule has 3 aliphatic rings. The maximum atomic E-state index is 14.0. The Morgan fingerprint density at radius 2 is 1.82 bits per heavy atom. The van der Waals surface area contributed by atoms with Gasteiger partial charge in [-0.1, -0.05) is 11.3 Å². The fourth-order valence-electron chi connectivity index (χ4n) is 5.71. The number of aromatic nitrogens is 2. The molecule has 3 aliphatic heterocycles. The van der Waals surface area contributed by atoms with E-state index in [9.17, 15) is 18.4 Å². The minimum Gasteiger partial charge on any atom is -0.496 e. The Hall–Kier alpha value is -4.60. The van der Waals surface area contributed by atoms with Gasteiger partial charge in [-0.05, 0) is 42.8 Å². The predicted octanol–water partition coefficient (Wildman–Crippen LogP) is 5.72.